The first-order chi connectivity index (χ1) is 5.33. The Morgan fingerprint density at radius 3 is 2.45 bits per heavy atom. The summed E-state index contributed by atoms with van der Waals surface area (Å²) in [6, 6.07) is 9.85. The second-order valence-corrected chi connectivity index (χ2v) is 2.89. The van der Waals surface area contributed by atoms with Gasteiger partial charge in [-0.25, -0.2) is 0 Å². The Morgan fingerprint density at radius 2 is 1.91 bits per heavy atom. The molecule has 0 saturated heterocycles. The third-order valence-electron chi connectivity index (χ3n) is 1.25. The maximum Gasteiger partial charge on any atom is 0.0582 e. The van der Waals surface area contributed by atoms with Gasteiger partial charge in [0.25, 0.3) is 0 Å². The van der Waals surface area contributed by atoms with E-state index in [4.69, 9.17) is 23.2 Å². The third-order valence-corrected chi connectivity index (χ3v) is 1.92. The molecule has 0 aliphatic heterocycles. The molecule has 0 saturated carbocycles. The molecule has 0 aliphatic rings. The van der Waals surface area contributed by atoms with Crippen molar-refractivity contribution in [1.29, 1.82) is 0 Å². The average Bonchev–Trinajstić information content (AvgIpc) is 2.06. The van der Waals surface area contributed by atoms with Gasteiger partial charge in [0.15, 0.2) is 0 Å². The van der Waals surface area contributed by atoms with Crippen molar-refractivity contribution >= 4 is 29.3 Å². The number of hydrogen-bond acceptors (Lipinski definition) is 0. The summed E-state index contributed by atoms with van der Waals surface area (Å²) in [7, 11) is 0. The van der Waals surface area contributed by atoms with Crippen molar-refractivity contribution in [2.45, 2.75) is 0 Å². The highest BCUT2D eigenvalue weighted by Crippen LogP contribution is 2.10. The first-order valence-corrected chi connectivity index (χ1v) is 4.21. The quantitative estimate of drug-likeness (QED) is 0.621. The molecule has 0 fully saturated rings. The van der Waals surface area contributed by atoms with Crippen LogP contribution in [0, 0.1) is 0 Å². The van der Waals surface area contributed by atoms with Crippen LogP contribution in [0.15, 0.2) is 35.4 Å². The molecule has 0 atom stereocenters. The molecular formula is C9H8Cl2. The largest absolute Gasteiger partial charge is 0.121 e. The minimum atomic E-state index is 0.371. The van der Waals surface area contributed by atoms with Crippen LogP contribution in [0.2, 0.25) is 0 Å². The molecule has 1 aromatic rings. The first kappa shape index (κ1) is 8.63. The van der Waals surface area contributed by atoms with E-state index in [-0.39, 0.29) is 0 Å². The van der Waals surface area contributed by atoms with Gasteiger partial charge < -0.3 is 0 Å². The van der Waals surface area contributed by atoms with Gasteiger partial charge in [-0.2, -0.15) is 0 Å². The minimum absolute atomic E-state index is 0.371. The second-order valence-electron chi connectivity index (χ2n) is 2.14. The first-order valence-electron chi connectivity index (χ1n) is 3.30. The van der Waals surface area contributed by atoms with Crippen molar-refractivity contribution in [2.24, 2.45) is 0 Å². The molecule has 0 N–H and O–H groups in total. The zero-order valence-electron chi connectivity index (χ0n) is 5.93. The number of benzene rings is 1. The minimum Gasteiger partial charge on any atom is -0.121 e. The van der Waals surface area contributed by atoms with Gasteiger partial charge in [-0.1, -0.05) is 41.9 Å². The maximum atomic E-state index is 5.73. The summed E-state index contributed by atoms with van der Waals surface area (Å²) in [5.74, 6) is 0.371. The molecule has 0 nitrogen and oxygen atoms in total. The highest BCUT2D eigenvalue weighted by atomic mass is 35.5. The molecule has 0 radical (unpaired) electrons. The monoisotopic (exact) mass is 186 g/mol. The van der Waals surface area contributed by atoms with E-state index in [1.165, 1.54) is 0 Å². The fourth-order valence-corrected chi connectivity index (χ4v) is 0.972. The van der Waals surface area contributed by atoms with E-state index in [1.807, 2.05) is 36.4 Å². The summed E-state index contributed by atoms with van der Waals surface area (Å²) in [5, 5.41) is 0.665. The van der Waals surface area contributed by atoms with Gasteiger partial charge in [0.2, 0.25) is 0 Å². The summed E-state index contributed by atoms with van der Waals surface area (Å²) in [4.78, 5) is 0. The predicted molar refractivity (Wildman–Crippen MR) is 51.0 cm³/mol. The molecule has 0 amide bonds. The van der Waals surface area contributed by atoms with Crippen LogP contribution in [0.3, 0.4) is 0 Å². The Bertz CT molecular complexity index is 239. The lowest BCUT2D eigenvalue weighted by Crippen LogP contribution is -1.73. The number of hydrogen-bond donors (Lipinski definition) is 0. The van der Waals surface area contributed by atoms with Crippen LogP contribution < -0.4 is 0 Å². The Morgan fingerprint density at radius 1 is 1.27 bits per heavy atom. The molecule has 1 rings (SSSR count). The lowest BCUT2D eigenvalue weighted by Gasteiger charge is -1.92. The zero-order chi connectivity index (χ0) is 8.10. The Kier molecular flexibility index (Phi) is 3.47. The smallest absolute Gasteiger partial charge is 0.0582 e. The van der Waals surface area contributed by atoms with Crippen molar-refractivity contribution in [3.8, 4) is 0 Å². The molecular weight excluding hydrogens is 179 g/mol. The maximum absolute atomic E-state index is 5.73. The average molecular weight is 187 g/mol. The summed E-state index contributed by atoms with van der Waals surface area (Å²) in [6.07, 6.45) is 1.86. The van der Waals surface area contributed by atoms with Crippen molar-refractivity contribution in [3.05, 3.63) is 40.9 Å². The van der Waals surface area contributed by atoms with Crippen LogP contribution in [0.25, 0.3) is 6.08 Å². The van der Waals surface area contributed by atoms with Crippen molar-refractivity contribution in [2.75, 3.05) is 5.88 Å². The van der Waals surface area contributed by atoms with E-state index < -0.39 is 0 Å². The lowest BCUT2D eigenvalue weighted by molar-refractivity contribution is 1.63. The molecule has 58 valence electrons. The molecule has 0 bridgehead atoms. The van der Waals surface area contributed by atoms with E-state index in [1.54, 1.807) is 0 Å². The Hall–Kier alpha value is -0.460. The van der Waals surface area contributed by atoms with Crippen LogP contribution in [-0.2, 0) is 0 Å². The second kappa shape index (κ2) is 4.42. The number of halogens is 2. The molecule has 0 aliphatic carbocycles. The van der Waals surface area contributed by atoms with Crippen molar-refractivity contribution < 1.29 is 0 Å². The highest BCUT2D eigenvalue weighted by molar-refractivity contribution is 6.37. The van der Waals surface area contributed by atoms with Gasteiger partial charge in [-0.05, 0) is 11.6 Å². The zero-order valence-corrected chi connectivity index (χ0v) is 7.44. The molecule has 0 spiro atoms. The standard InChI is InChI=1S/C9H8Cl2/c10-7-9(11)6-8-4-2-1-3-5-8/h1-6H,7H2. The molecule has 0 unspecified atom stereocenters. The highest BCUT2D eigenvalue weighted by Gasteiger charge is 1.88. The van der Waals surface area contributed by atoms with Crippen LogP contribution in [0.5, 0.6) is 0 Å². The van der Waals surface area contributed by atoms with Gasteiger partial charge in [0.1, 0.15) is 0 Å². The van der Waals surface area contributed by atoms with Gasteiger partial charge >= 0.3 is 0 Å². The van der Waals surface area contributed by atoms with Crippen molar-refractivity contribution in [1.82, 2.24) is 0 Å². The van der Waals surface area contributed by atoms with E-state index in [0.717, 1.165) is 5.56 Å². The fourth-order valence-electron chi connectivity index (χ4n) is 0.769. The van der Waals surface area contributed by atoms with Gasteiger partial charge in [-0.3, -0.25) is 0 Å². The predicted octanol–water partition coefficient (Wildman–Crippen LogP) is 3.51. The summed E-state index contributed by atoms with van der Waals surface area (Å²) < 4.78 is 0. The van der Waals surface area contributed by atoms with Crippen LogP contribution in [0.4, 0.5) is 0 Å². The number of alkyl halides is 1. The van der Waals surface area contributed by atoms with E-state index in [2.05, 4.69) is 0 Å². The Labute approximate surface area is 76.4 Å². The van der Waals surface area contributed by atoms with Crippen LogP contribution in [-0.4, -0.2) is 5.88 Å². The lowest BCUT2D eigenvalue weighted by atomic mass is 10.2. The van der Waals surface area contributed by atoms with Gasteiger partial charge in [0.05, 0.1) is 5.88 Å². The topological polar surface area (TPSA) is 0 Å². The summed E-state index contributed by atoms with van der Waals surface area (Å²) >= 11 is 11.2. The summed E-state index contributed by atoms with van der Waals surface area (Å²) in [6.45, 7) is 0. The van der Waals surface area contributed by atoms with E-state index in [0.29, 0.717) is 10.9 Å². The van der Waals surface area contributed by atoms with E-state index in [9.17, 15) is 0 Å². The van der Waals surface area contributed by atoms with Gasteiger partial charge in [-0.15, -0.1) is 11.6 Å². The fraction of sp³-hybridized carbons (Fsp3) is 0.111. The number of rotatable bonds is 2. The van der Waals surface area contributed by atoms with Crippen LogP contribution >= 0.6 is 23.2 Å². The number of allylic oxidation sites excluding steroid dienone is 1. The van der Waals surface area contributed by atoms with Crippen molar-refractivity contribution in [3.63, 3.8) is 0 Å². The summed E-state index contributed by atoms with van der Waals surface area (Å²) in [5.41, 5.74) is 1.08. The van der Waals surface area contributed by atoms with Crippen LogP contribution in [0.1, 0.15) is 5.56 Å². The normalized spacial score (nSPS) is 11.6. The SMILES string of the molecule is ClCC(Cl)=Cc1ccccc1. The molecule has 1 aromatic carbocycles. The molecule has 0 heterocycles. The van der Waals surface area contributed by atoms with E-state index >= 15 is 0 Å². The Balaban J connectivity index is 2.79. The molecule has 2 heteroatoms. The molecule has 11 heavy (non-hydrogen) atoms. The molecule has 0 aromatic heterocycles. The third kappa shape index (κ3) is 2.96. The van der Waals surface area contributed by atoms with Gasteiger partial charge in [0, 0.05) is 5.03 Å².